The van der Waals surface area contributed by atoms with E-state index in [-0.39, 0.29) is 30.1 Å². The smallest absolute Gasteiger partial charge is 0.423 e. The average molecular weight is 692 g/mol. The summed E-state index contributed by atoms with van der Waals surface area (Å²) in [7, 11) is 3.94. The molecule has 0 unspecified atom stereocenters. The maximum atomic E-state index is 15.1. The Morgan fingerprint density at radius 2 is 1.57 bits per heavy atom. The average Bonchev–Trinajstić information content (AvgIpc) is 3.53. The number of carbonyl (C=O) groups excluding carboxylic acids is 5. The standard InChI is InChI=1S/C39H37N3O9/c1-21-10-13-24(14-11-21)40-42-35(45)29-20-27-25(15-16-26-32(27)36(46)41(34(26)44)38(48)51-4)28(39(29,37(42)47)23-8-6-5-7-9-23)17-12-22-18-30(49-2)33(43)31(19-22)50-3/h5-15,17-19,26-29,32,40,43H,16,20H2,1-4H3/t26-,27+,28-,29-,32-,39-/m0/s1. The van der Waals surface area contributed by atoms with E-state index in [9.17, 15) is 24.3 Å². The fourth-order valence-corrected chi connectivity index (χ4v) is 8.48. The number of hydrogen-bond donors (Lipinski definition) is 2. The van der Waals surface area contributed by atoms with Gasteiger partial charge in [0.05, 0.1) is 50.2 Å². The Bertz CT molecular complexity index is 1980. The molecule has 12 nitrogen and oxygen atoms in total. The maximum absolute atomic E-state index is 15.1. The van der Waals surface area contributed by atoms with Crippen molar-refractivity contribution >= 4 is 41.5 Å². The number of carbonyl (C=O) groups is 5. The molecule has 2 aliphatic carbocycles. The lowest BCUT2D eigenvalue weighted by molar-refractivity contribution is -0.140. The summed E-state index contributed by atoms with van der Waals surface area (Å²) >= 11 is 0. The van der Waals surface area contributed by atoms with Crippen LogP contribution >= 0.6 is 0 Å². The van der Waals surface area contributed by atoms with Crippen LogP contribution in [0.4, 0.5) is 10.5 Å². The monoisotopic (exact) mass is 691 g/mol. The molecule has 2 aliphatic heterocycles. The molecule has 0 spiro atoms. The van der Waals surface area contributed by atoms with Gasteiger partial charge in [0.2, 0.25) is 17.6 Å². The third-order valence-electron chi connectivity index (χ3n) is 10.8. The molecule has 3 aromatic rings. The molecule has 0 bridgehead atoms. The molecule has 262 valence electrons. The van der Waals surface area contributed by atoms with Gasteiger partial charge in [0.25, 0.3) is 11.8 Å². The number of allylic oxidation sites excluding steroid dienone is 3. The van der Waals surface area contributed by atoms with Gasteiger partial charge in [-0.25, -0.2) is 4.79 Å². The van der Waals surface area contributed by atoms with Crippen LogP contribution in [0.3, 0.4) is 0 Å². The summed E-state index contributed by atoms with van der Waals surface area (Å²) < 4.78 is 15.6. The van der Waals surface area contributed by atoms with E-state index in [2.05, 4.69) is 5.43 Å². The fourth-order valence-electron chi connectivity index (χ4n) is 8.48. The van der Waals surface area contributed by atoms with Crippen molar-refractivity contribution < 1.29 is 43.3 Å². The van der Waals surface area contributed by atoms with Gasteiger partial charge in [0.15, 0.2) is 11.5 Å². The Morgan fingerprint density at radius 3 is 2.20 bits per heavy atom. The summed E-state index contributed by atoms with van der Waals surface area (Å²) in [6.45, 7) is 1.93. The first kappa shape index (κ1) is 33.6. The second-order valence-electron chi connectivity index (χ2n) is 13.3. The summed E-state index contributed by atoms with van der Waals surface area (Å²) in [5.74, 6) is -6.24. The van der Waals surface area contributed by atoms with E-state index in [0.717, 1.165) is 23.3 Å². The number of hydrazine groups is 1. The molecule has 3 aromatic carbocycles. The highest BCUT2D eigenvalue weighted by molar-refractivity contribution is 6.16. The van der Waals surface area contributed by atoms with Gasteiger partial charge in [-0.3, -0.25) is 24.6 Å². The first-order valence-corrected chi connectivity index (χ1v) is 16.6. The third-order valence-corrected chi connectivity index (χ3v) is 10.8. The summed E-state index contributed by atoms with van der Waals surface area (Å²) in [6, 6.07) is 19.7. The number of ether oxygens (including phenoxy) is 3. The number of hydrogen-bond acceptors (Lipinski definition) is 10. The van der Waals surface area contributed by atoms with Crippen LogP contribution in [0, 0.1) is 36.5 Å². The molecule has 1 saturated carbocycles. The van der Waals surface area contributed by atoms with Gasteiger partial charge in [-0.05, 0) is 61.1 Å². The molecule has 2 N–H and O–H groups in total. The molecule has 0 aromatic heterocycles. The van der Waals surface area contributed by atoms with E-state index in [1.807, 2.05) is 61.5 Å². The zero-order chi connectivity index (χ0) is 36.2. The molecule has 6 atom stereocenters. The van der Waals surface area contributed by atoms with Crippen LogP contribution in [0.2, 0.25) is 0 Å². The number of amides is 5. The lowest BCUT2D eigenvalue weighted by Gasteiger charge is -2.49. The highest BCUT2D eigenvalue weighted by Crippen LogP contribution is 2.61. The molecule has 5 amide bonds. The van der Waals surface area contributed by atoms with Crippen molar-refractivity contribution in [3.8, 4) is 17.2 Å². The Morgan fingerprint density at radius 1 is 0.902 bits per heavy atom. The SMILES string of the molecule is COC(=O)N1C(=O)[C@H]2[C@H](CC=C3[C@H]2C[C@H]2C(=O)N(Nc4ccc(C)cc4)C(=O)[C@@]2(c2ccccc2)[C@H]3C=Cc2cc(OC)c(O)c(OC)c2)C1=O. The second-order valence-corrected chi connectivity index (χ2v) is 13.3. The van der Waals surface area contributed by atoms with Crippen LogP contribution in [0.15, 0.2) is 84.5 Å². The molecule has 2 saturated heterocycles. The van der Waals surface area contributed by atoms with E-state index in [4.69, 9.17) is 14.2 Å². The fraction of sp³-hybridized carbons (Fsp3) is 0.308. The molecule has 51 heavy (non-hydrogen) atoms. The highest BCUT2D eigenvalue weighted by Gasteiger charge is 2.70. The molecule has 0 radical (unpaired) electrons. The van der Waals surface area contributed by atoms with Crippen LogP contribution in [0.25, 0.3) is 6.08 Å². The van der Waals surface area contributed by atoms with Crippen LogP contribution in [-0.2, 0) is 29.3 Å². The van der Waals surface area contributed by atoms with Gasteiger partial charge in [-0.1, -0.05) is 71.8 Å². The highest BCUT2D eigenvalue weighted by atomic mass is 16.5. The third kappa shape index (κ3) is 5.07. The minimum Gasteiger partial charge on any atom is -0.502 e. The number of methoxy groups -OCH3 is 3. The van der Waals surface area contributed by atoms with Crippen molar-refractivity contribution in [1.29, 1.82) is 0 Å². The summed E-state index contributed by atoms with van der Waals surface area (Å²) in [5.41, 5.74) is 5.06. The van der Waals surface area contributed by atoms with Crippen LogP contribution in [-0.4, -0.2) is 66.1 Å². The number of benzene rings is 3. The number of aromatic hydroxyl groups is 1. The van der Waals surface area contributed by atoms with Crippen molar-refractivity contribution in [3.63, 3.8) is 0 Å². The number of rotatable bonds is 7. The van der Waals surface area contributed by atoms with Gasteiger partial charge in [0, 0.05) is 5.92 Å². The number of fused-ring (bicyclic) bond motifs is 4. The summed E-state index contributed by atoms with van der Waals surface area (Å²) in [4.78, 5) is 70.3. The number of nitrogens with one attached hydrogen (secondary N) is 1. The van der Waals surface area contributed by atoms with Crippen molar-refractivity contribution in [2.45, 2.75) is 25.2 Å². The van der Waals surface area contributed by atoms with Gasteiger partial charge in [-0.15, -0.1) is 0 Å². The second kappa shape index (κ2) is 12.8. The normalized spacial score (nSPS) is 26.8. The van der Waals surface area contributed by atoms with Gasteiger partial charge < -0.3 is 19.3 Å². The lowest BCUT2D eigenvalue weighted by atomic mass is 9.50. The maximum Gasteiger partial charge on any atom is 0.423 e. The molecule has 4 aliphatic rings. The van der Waals surface area contributed by atoms with E-state index < -0.39 is 64.7 Å². The lowest BCUT2D eigenvalue weighted by Crippen LogP contribution is -2.54. The molecule has 2 heterocycles. The van der Waals surface area contributed by atoms with Crippen LogP contribution < -0.4 is 14.9 Å². The molecular weight excluding hydrogens is 654 g/mol. The van der Waals surface area contributed by atoms with Gasteiger partial charge >= 0.3 is 6.09 Å². The topological polar surface area (TPSA) is 152 Å². The van der Waals surface area contributed by atoms with Gasteiger partial charge in [-0.2, -0.15) is 9.91 Å². The minimum atomic E-state index is -1.46. The number of nitrogens with zero attached hydrogens (tertiary/aromatic N) is 2. The molecular formula is C39H37N3O9. The summed E-state index contributed by atoms with van der Waals surface area (Å²) in [6.07, 6.45) is 4.67. The number of phenolic OH excluding ortho intramolecular Hbond substituents is 1. The van der Waals surface area contributed by atoms with Crippen molar-refractivity contribution in [1.82, 2.24) is 9.91 Å². The predicted octanol–water partition coefficient (Wildman–Crippen LogP) is 5.01. The minimum absolute atomic E-state index is 0.0811. The van der Waals surface area contributed by atoms with E-state index in [0.29, 0.717) is 21.7 Å². The number of aryl methyl sites for hydroxylation is 1. The first-order chi connectivity index (χ1) is 24.6. The summed E-state index contributed by atoms with van der Waals surface area (Å²) in [5, 5.41) is 11.6. The molecule has 12 heteroatoms. The first-order valence-electron chi connectivity index (χ1n) is 16.6. The number of likely N-dealkylation sites (tertiary alicyclic amines) is 1. The zero-order valence-corrected chi connectivity index (χ0v) is 28.5. The van der Waals surface area contributed by atoms with E-state index >= 15 is 4.79 Å². The molecule has 3 fully saturated rings. The number of imide groups is 4. The predicted molar refractivity (Wildman–Crippen MR) is 184 cm³/mol. The van der Waals surface area contributed by atoms with E-state index in [1.54, 1.807) is 30.3 Å². The zero-order valence-electron chi connectivity index (χ0n) is 28.5. The van der Waals surface area contributed by atoms with E-state index in [1.165, 1.54) is 14.2 Å². The van der Waals surface area contributed by atoms with Gasteiger partial charge in [0.1, 0.15) is 0 Å². The largest absolute Gasteiger partial charge is 0.502 e. The van der Waals surface area contributed by atoms with Crippen LogP contribution in [0.5, 0.6) is 17.2 Å². The Hall–Kier alpha value is -5.91. The van der Waals surface area contributed by atoms with Crippen molar-refractivity contribution in [3.05, 3.63) is 101 Å². The van der Waals surface area contributed by atoms with Crippen molar-refractivity contribution in [2.24, 2.45) is 29.6 Å². The Kier molecular flexibility index (Phi) is 8.40. The quantitative estimate of drug-likeness (QED) is 0.255. The number of anilines is 1. The molecule has 7 rings (SSSR count). The number of phenols is 1. The Labute approximate surface area is 294 Å². The van der Waals surface area contributed by atoms with Crippen LogP contribution in [0.1, 0.15) is 29.5 Å². The Balaban J connectivity index is 1.42. The van der Waals surface area contributed by atoms with Crippen molar-refractivity contribution in [2.75, 3.05) is 26.8 Å².